The topological polar surface area (TPSA) is 60.4 Å². The third kappa shape index (κ3) is 5.06. The molecule has 0 saturated heterocycles. The maximum absolute atomic E-state index is 14.1. The standard InChI is InChI=1S/C29H32O4S3/c1-8-33-29(32)27(25(30)12-20-9-14(2)34-17(20)5)24-13-23(21-10-15(3)35-18(21)6)26(28(24)31)22-11-16(4)36-19(22)7/h9-11,24,27H,8,12-13H2,1-7H3. The van der Waals surface area contributed by atoms with Crippen molar-refractivity contribution < 1.29 is 19.1 Å². The molecule has 0 radical (unpaired) electrons. The van der Waals surface area contributed by atoms with Gasteiger partial charge in [0.1, 0.15) is 5.92 Å². The molecule has 36 heavy (non-hydrogen) atoms. The minimum absolute atomic E-state index is 0.126. The fourth-order valence-electron chi connectivity index (χ4n) is 5.28. The number of Topliss-reactive ketones (excluding diaryl/α,β-unsaturated/α-hetero) is 2. The second kappa shape index (κ2) is 10.6. The molecule has 2 atom stereocenters. The van der Waals surface area contributed by atoms with Gasteiger partial charge in [-0.2, -0.15) is 0 Å². The number of hydrogen-bond donors (Lipinski definition) is 0. The van der Waals surface area contributed by atoms with E-state index in [1.54, 1.807) is 40.9 Å². The normalized spacial score (nSPS) is 16.6. The van der Waals surface area contributed by atoms with Crippen molar-refractivity contribution in [1.82, 2.24) is 0 Å². The number of aryl methyl sites for hydroxylation is 6. The molecule has 1 aliphatic rings. The molecular formula is C29H32O4S3. The fraction of sp³-hybridized carbons (Fsp3) is 0.414. The van der Waals surface area contributed by atoms with E-state index in [-0.39, 0.29) is 24.6 Å². The van der Waals surface area contributed by atoms with E-state index in [1.807, 2.05) is 33.8 Å². The van der Waals surface area contributed by atoms with Crippen LogP contribution in [0.1, 0.15) is 59.3 Å². The Hall–Kier alpha value is -2.35. The quantitative estimate of drug-likeness (QED) is 0.224. The molecular weight excluding hydrogens is 509 g/mol. The van der Waals surface area contributed by atoms with Crippen LogP contribution in [0.5, 0.6) is 0 Å². The average Bonchev–Trinajstić information content (AvgIpc) is 3.49. The first kappa shape index (κ1) is 26.7. The predicted molar refractivity (Wildman–Crippen MR) is 150 cm³/mol. The number of ether oxygens (including phenoxy) is 1. The van der Waals surface area contributed by atoms with Gasteiger partial charge in [-0.15, -0.1) is 34.0 Å². The number of allylic oxidation sites excluding steroid dienone is 2. The van der Waals surface area contributed by atoms with Crippen LogP contribution in [0.15, 0.2) is 18.2 Å². The van der Waals surface area contributed by atoms with E-state index in [2.05, 4.69) is 26.0 Å². The van der Waals surface area contributed by atoms with E-state index in [9.17, 15) is 14.4 Å². The van der Waals surface area contributed by atoms with Crippen LogP contribution in [0.4, 0.5) is 0 Å². The molecule has 0 saturated carbocycles. The summed E-state index contributed by atoms with van der Waals surface area (Å²) in [5, 5.41) is 0. The van der Waals surface area contributed by atoms with Gasteiger partial charge in [0.25, 0.3) is 0 Å². The molecule has 0 fully saturated rings. The van der Waals surface area contributed by atoms with E-state index in [0.717, 1.165) is 46.6 Å². The van der Waals surface area contributed by atoms with Gasteiger partial charge in [-0.1, -0.05) is 0 Å². The van der Waals surface area contributed by atoms with Gasteiger partial charge in [-0.3, -0.25) is 14.4 Å². The van der Waals surface area contributed by atoms with Gasteiger partial charge in [0, 0.05) is 47.2 Å². The zero-order valence-electron chi connectivity index (χ0n) is 21.9. The molecule has 1 aliphatic carbocycles. The summed E-state index contributed by atoms with van der Waals surface area (Å²) in [5.74, 6) is -2.85. The highest BCUT2D eigenvalue weighted by Gasteiger charge is 2.46. The van der Waals surface area contributed by atoms with Crippen LogP contribution in [0.25, 0.3) is 11.1 Å². The van der Waals surface area contributed by atoms with Gasteiger partial charge in [0.2, 0.25) is 0 Å². The Morgan fingerprint density at radius 3 is 1.94 bits per heavy atom. The predicted octanol–water partition coefficient (Wildman–Crippen LogP) is 7.21. The van der Waals surface area contributed by atoms with Crippen molar-refractivity contribution >= 4 is 62.7 Å². The van der Waals surface area contributed by atoms with Crippen molar-refractivity contribution in [1.29, 1.82) is 0 Å². The molecule has 0 N–H and O–H groups in total. The number of carbonyl (C=O) groups excluding carboxylic acids is 3. The van der Waals surface area contributed by atoms with Crippen molar-refractivity contribution in [2.45, 2.75) is 61.3 Å². The molecule has 0 aliphatic heterocycles. The van der Waals surface area contributed by atoms with E-state index in [1.165, 1.54) is 4.88 Å². The summed E-state index contributed by atoms with van der Waals surface area (Å²) in [7, 11) is 0. The molecule has 190 valence electrons. The van der Waals surface area contributed by atoms with Crippen molar-refractivity contribution in [2.75, 3.05) is 6.61 Å². The van der Waals surface area contributed by atoms with Crippen molar-refractivity contribution in [3.05, 3.63) is 64.2 Å². The van der Waals surface area contributed by atoms with Crippen LogP contribution >= 0.6 is 34.0 Å². The molecule has 0 bridgehead atoms. The highest BCUT2D eigenvalue weighted by Crippen LogP contribution is 2.48. The summed E-state index contributed by atoms with van der Waals surface area (Å²) in [6.07, 6.45) is 0.484. The molecule has 4 rings (SSSR count). The minimum Gasteiger partial charge on any atom is -0.465 e. The summed E-state index contributed by atoms with van der Waals surface area (Å²) in [6.45, 7) is 14.1. The zero-order valence-corrected chi connectivity index (χ0v) is 24.3. The van der Waals surface area contributed by atoms with E-state index < -0.39 is 17.8 Å². The average molecular weight is 541 g/mol. The number of esters is 1. The Kier molecular flexibility index (Phi) is 7.83. The first-order chi connectivity index (χ1) is 17.0. The maximum Gasteiger partial charge on any atom is 0.317 e. The van der Waals surface area contributed by atoms with Crippen LogP contribution in [0, 0.1) is 53.4 Å². The lowest BCUT2D eigenvalue weighted by atomic mass is 9.82. The Labute approximate surface area is 225 Å². The molecule has 3 aromatic rings. The van der Waals surface area contributed by atoms with Crippen LogP contribution in [0.2, 0.25) is 0 Å². The Bertz CT molecular complexity index is 1380. The Morgan fingerprint density at radius 2 is 1.44 bits per heavy atom. The monoisotopic (exact) mass is 540 g/mol. The lowest BCUT2D eigenvalue weighted by molar-refractivity contribution is -0.155. The second-order valence-corrected chi connectivity index (χ2v) is 13.9. The number of carbonyl (C=O) groups is 3. The summed E-state index contributed by atoms with van der Waals surface area (Å²) in [6, 6.07) is 6.18. The minimum atomic E-state index is -1.12. The summed E-state index contributed by atoms with van der Waals surface area (Å²) >= 11 is 5.00. The number of thiophene rings is 3. The van der Waals surface area contributed by atoms with E-state index in [0.29, 0.717) is 12.0 Å². The summed E-state index contributed by atoms with van der Waals surface area (Å²) in [4.78, 5) is 47.7. The molecule has 4 nitrogen and oxygen atoms in total. The first-order valence-corrected chi connectivity index (χ1v) is 14.6. The van der Waals surface area contributed by atoms with E-state index in [4.69, 9.17) is 4.74 Å². The third-order valence-corrected chi connectivity index (χ3v) is 9.72. The molecule has 0 aromatic carbocycles. The lowest BCUT2D eigenvalue weighted by Gasteiger charge is -2.20. The van der Waals surface area contributed by atoms with Crippen LogP contribution in [0.3, 0.4) is 0 Å². The van der Waals surface area contributed by atoms with Gasteiger partial charge in [0.15, 0.2) is 11.6 Å². The zero-order chi connectivity index (χ0) is 26.3. The molecule has 7 heteroatoms. The van der Waals surface area contributed by atoms with Gasteiger partial charge in [0.05, 0.1) is 6.61 Å². The number of hydrogen-bond acceptors (Lipinski definition) is 7. The third-order valence-electron chi connectivity index (χ3n) is 6.78. The number of ketones is 2. The van der Waals surface area contributed by atoms with Crippen molar-refractivity contribution in [3.63, 3.8) is 0 Å². The lowest BCUT2D eigenvalue weighted by Crippen LogP contribution is -2.36. The largest absolute Gasteiger partial charge is 0.465 e. The Balaban J connectivity index is 1.79. The van der Waals surface area contributed by atoms with Crippen molar-refractivity contribution in [2.24, 2.45) is 11.8 Å². The molecule has 0 amide bonds. The second-order valence-electron chi connectivity index (χ2n) is 9.49. The summed E-state index contributed by atoms with van der Waals surface area (Å²) in [5.41, 5.74) is 4.49. The van der Waals surface area contributed by atoms with Gasteiger partial charge >= 0.3 is 5.97 Å². The van der Waals surface area contributed by atoms with Gasteiger partial charge in [-0.25, -0.2) is 0 Å². The van der Waals surface area contributed by atoms with Crippen LogP contribution in [-0.4, -0.2) is 24.1 Å². The fourth-order valence-corrected chi connectivity index (χ4v) is 8.10. The molecule has 3 aromatic heterocycles. The molecule has 0 spiro atoms. The van der Waals surface area contributed by atoms with Crippen LogP contribution in [-0.2, 0) is 25.5 Å². The van der Waals surface area contributed by atoms with Gasteiger partial charge < -0.3 is 4.74 Å². The van der Waals surface area contributed by atoms with E-state index >= 15 is 0 Å². The smallest absolute Gasteiger partial charge is 0.317 e. The number of rotatable bonds is 8. The molecule has 2 unspecified atom stereocenters. The Morgan fingerprint density at radius 1 is 0.889 bits per heavy atom. The van der Waals surface area contributed by atoms with Crippen LogP contribution < -0.4 is 0 Å². The summed E-state index contributed by atoms with van der Waals surface area (Å²) < 4.78 is 5.37. The van der Waals surface area contributed by atoms with Gasteiger partial charge in [-0.05, 0) is 95.3 Å². The molecule has 3 heterocycles. The maximum atomic E-state index is 14.1. The first-order valence-electron chi connectivity index (χ1n) is 12.2. The SMILES string of the molecule is CCOC(=O)C(C(=O)Cc1cc(C)sc1C)C1CC(c2cc(C)sc2C)=C(c2cc(C)sc2C)C1=O. The highest BCUT2D eigenvalue weighted by atomic mass is 32.1. The highest BCUT2D eigenvalue weighted by molar-refractivity contribution is 7.12. The van der Waals surface area contributed by atoms with Crippen molar-refractivity contribution in [3.8, 4) is 0 Å².